The minimum atomic E-state index is -3.25. The molecule has 0 aromatic heterocycles. The molecule has 0 rings (SSSR count). The van der Waals surface area contributed by atoms with Gasteiger partial charge < -0.3 is 15.7 Å². The van der Waals surface area contributed by atoms with Crippen molar-refractivity contribution in [3.63, 3.8) is 0 Å². The van der Waals surface area contributed by atoms with Crippen molar-refractivity contribution < 1.29 is 23.1 Å². The lowest BCUT2D eigenvalue weighted by atomic mass is 10.1. The maximum absolute atomic E-state index is 11.4. The number of urea groups is 1. The second kappa shape index (κ2) is 7.98. The molecule has 8 heteroatoms. The van der Waals surface area contributed by atoms with Crippen molar-refractivity contribution in [1.29, 1.82) is 0 Å². The van der Waals surface area contributed by atoms with E-state index in [1.54, 1.807) is 0 Å². The highest BCUT2D eigenvalue weighted by Gasteiger charge is 2.21. The monoisotopic (exact) mass is 294 g/mol. The number of carboxylic acids is 1. The van der Waals surface area contributed by atoms with Gasteiger partial charge in [0.2, 0.25) is 0 Å². The van der Waals surface area contributed by atoms with Crippen LogP contribution < -0.4 is 10.6 Å². The Balaban J connectivity index is 4.20. The Hall–Kier alpha value is -1.31. The number of hydrogen-bond donors (Lipinski definition) is 3. The van der Waals surface area contributed by atoms with Crippen LogP contribution in [-0.4, -0.2) is 50.1 Å². The van der Waals surface area contributed by atoms with Crippen molar-refractivity contribution in [2.45, 2.75) is 32.7 Å². The average molecular weight is 294 g/mol. The van der Waals surface area contributed by atoms with Crippen LogP contribution in [0.3, 0.4) is 0 Å². The van der Waals surface area contributed by atoms with E-state index in [1.165, 1.54) is 0 Å². The SMILES string of the molecule is CC(C)CCNC(=O)NC(CCS(C)(=O)=O)C(=O)O. The summed E-state index contributed by atoms with van der Waals surface area (Å²) in [6.07, 6.45) is 1.66. The van der Waals surface area contributed by atoms with Crippen LogP contribution in [0.2, 0.25) is 0 Å². The van der Waals surface area contributed by atoms with Gasteiger partial charge in [-0.25, -0.2) is 18.0 Å². The third-order valence-corrected chi connectivity index (χ3v) is 3.37. The summed E-state index contributed by atoms with van der Waals surface area (Å²) in [5.41, 5.74) is 0. The third kappa shape index (κ3) is 10.3. The van der Waals surface area contributed by atoms with Crippen molar-refractivity contribution in [2.24, 2.45) is 5.92 Å². The molecule has 0 fully saturated rings. The first-order valence-electron chi connectivity index (χ1n) is 6.06. The van der Waals surface area contributed by atoms with Gasteiger partial charge in [-0.05, 0) is 18.8 Å². The second-order valence-corrected chi connectivity index (χ2v) is 7.15. The molecule has 0 aromatic rings. The summed E-state index contributed by atoms with van der Waals surface area (Å²) < 4.78 is 21.9. The molecule has 0 radical (unpaired) electrons. The Bertz CT molecular complexity index is 405. The first-order valence-corrected chi connectivity index (χ1v) is 8.12. The smallest absolute Gasteiger partial charge is 0.326 e. The minimum absolute atomic E-state index is 0.147. The van der Waals surface area contributed by atoms with Gasteiger partial charge in [0.05, 0.1) is 5.75 Å². The summed E-state index contributed by atoms with van der Waals surface area (Å²) in [4.78, 5) is 22.3. The molecule has 3 N–H and O–H groups in total. The topological polar surface area (TPSA) is 113 Å². The van der Waals surface area contributed by atoms with Crippen LogP contribution in [0.15, 0.2) is 0 Å². The molecule has 1 atom stereocenters. The number of sulfone groups is 1. The van der Waals surface area contributed by atoms with E-state index in [2.05, 4.69) is 10.6 Å². The third-order valence-electron chi connectivity index (χ3n) is 2.39. The van der Waals surface area contributed by atoms with Gasteiger partial charge >= 0.3 is 12.0 Å². The molecule has 0 heterocycles. The zero-order valence-corrected chi connectivity index (χ0v) is 12.3. The zero-order valence-electron chi connectivity index (χ0n) is 11.5. The van der Waals surface area contributed by atoms with Gasteiger partial charge in [0, 0.05) is 12.8 Å². The second-order valence-electron chi connectivity index (χ2n) is 4.89. The Kier molecular flexibility index (Phi) is 7.43. The Morgan fingerprint density at radius 2 is 1.79 bits per heavy atom. The summed E-state index contributed by atoms with van der Waals surface area (Å²) in [5, 5.41) is 13.7. The molecule has 0 saturated heterocycles. The van der Waals surface area contributed by atoms with E-state index in [-0.39, 0.29) is 12.2 Å². The van der Waals surface area contributed by atoms with Crippen molar-refractivity contribution in [1.82, 2.24) is 10.6 Å². The van der Waals surface area contributed by atoms with Gasteiger partial charge in [-0.1, -0.05) is 13.8 Å². The van der Waals surface area contributed by atoms with Crippen molar-refractivity contribution in [3.8, 4) is 0 Å². The van der Waals surface area contributed by atoms with Gasteiger partial charge in [0.25, 0.3) is 0 Å². The molecule has 0 aromatic carbocycles. The highest BCUT2D eigenvalue weighted by molar-refractivity contribution is 7.90. The summed E-state index contributed by atoms with van der Waals surface area (Å²) in [7, 11) is -3.25. The number of nitrogens with one attached hydrogen (secondary N) is 2. The van der Waals surface area contributed by atoms with Crippen LogP contribution in [-0.2, 0) is 14.6 Å². The number of hydrogen-bond acceptors (Lipinski definition) is 4. The van der Waals surface area contributed by atoms with Crippen LogP contribution in [0, 0.1) is 5.92 Å². The van der Waals surface area contributed by atoms with Crippen LogP contribution in [0.4, 0.5) is 4.79 Å². The van der Waals surface area contributed by atoms with Gasteiger partial charge in [0.15, 0.2) is 0 Å². The van der Waals surface area contributed by atoms with Crippen LogP contribution in [0.25, 0.3) is 0 Å². The number of carboxylic acid groups (broad SMARTS) is 1. The fraction of sp³-hybridized carbons (Fsp3) is 0.818. The molecular weight excluding hydrogens is 272 g/mol. The predicted molar refractivity (Wildman–Crippen MR) is 71.7 cm³/mol. The van der Waals surface area contributed by atoms with E-state index in [0.29, 0.717) is 12.5 Å². The van der Waals surface area contributed by atoms with E-state index < -0.39 is 27.9 Å². The lowest BCUT2D eigenvalue weighted by Crippen LogP contribution is -2.47. The first-order chi connectivity index (χ1) is 8.61. The van der Waals surface area contributed by atoms with Crippen molar-refractivity contribution in [2.75, 3.05) is 18.6 Å². The van der Waals surface area contributed by atoms with Crippen LogP contribution in [0.1, 0.15) is 26.7 Å². The molecule has 7 nitrogen and oxygen atoms in total. The fourth-order valence-corrected chi connectivity index (χ4v) is 1.94. The van der Waals surface area contributed by atoms with Gasteiger partial charge in [0.1, 0.15) is 15.9 Å². The quantitative estimate of drug-likeness (QED) is 0.593. The van der Waals surface area contributed by atoms with Crippen LogP contribution >= 0.6 is 0 Å². The molecule has 19 heavy (non-hydrogen) atoms. The number of amides is 2. The number of rotatable bonds is 8. The summed E-state index contributed by atoms with van der Waals surface area (Å²) >= 11 is 0. The van der Waals surface area contributed by atoms with E-state index in [9.17, 15) is 18.0 Å². The molecule has 112 valence electrons. The van der Waals surface area contributed by atoms with Gasteiger partial charge in [-0.15, -0.1) is 0 Å². The predicted octanol–water partition coefficient (Wildman–Crippen LogP) is 0.220. The fourth-order valence-electron chi connectivity index (χ4n) is 1.27. The molecule has 0 aliphatic rings. The Labute approximate surface area is 113 Å². The molecule has 2 amide bonds. The molecule has 0 spiro atoms. The zero-order chi connectivity index (χ0) is 15.1. The van der Waals surface area contributed by atoms with Crippen molar-refractivity contribution >= 4 is 21.8 Å². The summed E-state index contributed by atoms with van der Waals surface area (Å²) in [6.45, 7) is 4.46. The largest absolute Gasteiger partial charge is 0.480 e. The minimum Gasteiger partial charge on any atom is -0.480 e. The van der Waals surface area contributed by atoms with Gasteiger partial charge in [-0.3, -0.25) is 0 Å². The molecule has 0 saturated carbocycles. The molecule has 0 bridgehead atoms. The lowest BCUT2D eigenvalue weighted by molar-refractivity contribution is -0.139. The van der Waals surface area contributed by atoms with E-state index >= 15 is 0 Å². The normalized spacial score (nSPS) is 13.1. The molecule has 0 aliphatic heterocycles. The standard InChI is InChI=1S/C11H22N2O5S/c1-8(2)4-6-12-11(16)13-9(10(14)15)5-7-19(3,17)18/h8-9H,4-7H2,1-3H3,(H,14,15)(H2,12,13,16). The Morgan fingerprint density at radius 3 is 2.21 bits per heavy atom. The Morgan fingerprint density at radius 1 is 1.21 bits per heavy atom. The molecule has 0 aliphatic carbocycles. The van der Waals surface area contributed by atoms with Gasteiger partial charge in [-0.2, -0.15) is 0 Å². The first kappa shape index (κ1) is 17.7. The highest BCUT2D eigenvalue weighted by Crippen LogP contribution is 1.98. The molecular formula is C11H22N2O5S. The molecule has 1 unspecified atom stereocenters. The van der Waals surface area contributed by atoms with Crippen LogP contribution in [0.5, 0.6) is 0 Å². The van der Waals surface area contributed by atoms with E-state index in [4.69, 9.17) is 5.11 Å². The number of carbonyl (C=O) groups is 2. The number of carbonyl (C=O) groups excluding carboxylic acids is 1. The maximum Gasteiger partial charge on any atom is 0.326 e. The summed E-state index contributed by atoms with van der Waals surface area (Å²) in [5.74, 6) is -1.10. The van der Waals surface area contributed by atoms with E-state index in [1.807, 2.05) is 13.8 Å². The van der Waals surface area contributed by atoms with Crippen molar-refractivity contribution in [3.05, 3.63) is 0 Å². The average Bonchev–Trinajstić information content (AvgIpc) is 2.21. The maximum atomic E-state index is 11.4. The highest BCUT2D eigenvalue weighted by atomic mass is 32.2. The lowest BCUT2D eigenvalue weighted by Gasteiger charge is -2.15. The van der Waals surface area contributed by atoms with E-state index in [0.717, 1.165) is 12.7 Å². The summed E-state index contributed by atoms with van der Waals surface area (Å²) in [6, 6.07) is -1.80. The number of aliphatic carboxylic acids is 1.